The molecule has 4 rings (SSSR count). The smallest absolute Gasteiger partial charge is 0.347 e. The molecule has 0 amide bonds. The van der Waals surface area contributed by atoms with Crippen LogP contribution in [0.15, 0.2) is 64.0 Å². The molecule has 0 saturated heterocycles. The van der Waals surface area contributed by atoms with Crippen LogP contribution in [0.5, 0.6) is 17.2 Å². The lowest BCUT2D eigenvalue weighted by atomic mass is 9.65. The molecule has 0 aromatic heterocycles. The Bertz CT molecular complexity index is 1480. The second-order valence-electron chi connectivity index (χ2n) is 8.19. The summed E-state index contributed by atoms with van der Waals surface area (Å²) in [5.74, 6) is -1.41. The van der Waals surface area contributed by atoms with E-state index < -0.39 is 27.2 Å². The summed E-state index contributed by atoms with van der Waals surface area (Å²) >= 11 is 9.37. The normalized spacial score (nSPS) is 14.3. The molecule has 186 valence electrons. The molecule has 0 bridgehead atoms. The molecule has 0 radical (unpaired) electrons. The minimum Gasteiger partial charge on any atom is -0.505 e. The Morgan fingerprint density at radius 3 is 2.47 bits per heavy atom. The Morgan fingerprint density at radius 1 is 1.19 bits per heavy atom. The van der Waals surface area contributed by atoms with Crippen LogP contribution in [0.1, 0.15) is 35.2 Å². The molecule has 1 fully saturated rings. The average Bonchev–Trinajstić information content (AvgIpc) is 2.80. The Balaban J connectivity index is 1.82. The predicted octanol–water partition coefficient (Wildman–Crippen LogP) is 5.78. The molecular formula is C25H20BrClN2O6S. The zero-order valence-electron chi connectivity index (χ0n) is 18.9. The highest BCUT2D eigenvalue weighted by atomic mass is 79.9. The van der Waals surface area contributed by atoms with E-state index in [-0.39, 0.29) is 32.7 Å². The third-order valence-electron chi connectivity index (χ3n) is 5.97. The highest BCUT2D eigenvalue weighted by molar-refractivity contribution is 9.10. The summed E-state index contributed by atoms with van der Waals surface area (Å²) in [6.45, 7) is 0. The van der Waals surface area contributed by atoms with E-state index in [9.17, 15) is 23.6 Å². The molecule has 11 heteroatoms. The first-order chi connectivity index (χ1) is 17.1. The van der Waals surface area contributed by atoms with Gasteiger partial charge in [0.05, 0.1) is 29.3 Å². The number of hydrogen-bond acceptors (Lipinski definition) is 7. The molecule has 1 aliphatic carbocycles. The fourth-order valence-corrected chi connectivity index (χ4v) is 6.29. The third-order valence-corrected chi connectivity index (χ3v) is 8.08. The molecule has 1 saturated carbocycles. The van der Waals surface area contributed by atoms with E-state index in [1.165, 1.54) is 31.4 Å². The van der Waals surface area contributed by atoms with Gasteiger partial charge in [-0.05, 0) is 61.2 Å². The summed E-state index contributed by atoms with van der Waals surface area (Å²) in [5, 5.41) is 20.9. The number of rotatable bonds is 7. The number of hydrogen-bond donors (Lipinski definition) is 2. The number of nitrogens with zero attached hydrogens (tertiary/aromatic N) is 1. The van der Waals surface area contributed by atoms with Crippen molar-refractivity contribution in [3.05, 3.63) is 75.2 Å². The van der Waals surface area contributed by atoms with Gasteiger partial charge in [-0.1, -0.05) is 45.7 Å². The zero-order valence-corrected chi connectivity index (χ0v) is 22.1. The molecule has 0 heterocycles. The lowest BCUT2D eigenvalue weighted by molar-refractivity contribution is 0.0731. The van der Waals surface area contributed by atoms with Gasteiger partial charge in [0.25, 0.3) is 10.0 Å². The molecule has 0 atom stereocenters. The van der Waals surface area contributed by atoms with Gasteiger partial charge in [0.15, 0.2) is 11.5 Å². The molecule has 0 unspecified atom stereocenters. The summed E-state index contributed by atoms with van der Waals surface area (Å²) in [6, 6.07) is 16.0. The summed E-state index contributed by atoms with van der Waals surface area (Å²) < 4.78 is 40.0. The number of nitriles is 1. The standard InChI is InChI=1S/C25H20BrClN2O6S/c1-34-23-19(27)12-16(26)13-21(23)36(32,33)29-20-11-15(25(14-28)8-5-9-25)10-18(22(20)30)24(31)35-17-6-3-2-4-7-17/h2-4,6-7,10-13,29-30H,5,8-9H2,1H3. The van der Waals surface area contributed by atoms with E-state index >= 15 is 0 Å². The molecule has 3 aromatic carbocycles. The molecule has 8 nitrogen and oxygen atoms in total. The number of methoxy groups -OCH3 is 1. The number of esters is 1. The summed E-state index contributed by atoms with van der Waals surface area (Å²) in [5.41, 5.74) is -1.08. The van der Waals surface area contributed by atoms with Gasteiger partial charge >= 0.3 is 5.97 Å². The predicted molar refractivity (Wildman–Crippen MR) is 137 cm³/mol. The molecular weight excluding hydrogens is 572 g/mol. The van der Waals surface area contributed by atoms with E-state index in [0.29, 0.717) is 22.9 Å². The number of nitrogens with one attached hydrogen (secondary N) is 1. The number of phenolic OH excluding ortho intramolecular Hbond substituents is 1. The highest BCUT2D eigenvalue weighted by Crippen LogP contribution is 2.46. The second-order valence-corrected chi connectivity index (χ2v) is 11.2. The van der Waals surface area contributed by atoms with Gasteiger partial charge in [0.1, 0.15) is 16.2 Å². The monoisotopic (exact) mass is 590 g/mol. The Hall–Kier alpha value is -3.26. The minimum atomic E-state index is -4.37. The average molecular weight is 592 g/mol. The second kappa shape index (κ2) is 10.0. The quantitative estimate of drug-likeness (QED) is 0.203. The number of benzene rings is 3. The van der Waals surface area contributed by atoms with Gasteiger partial charge in [-0.15, -0.1) is 0 Å². The van der Waals surface area contributed by atoms with Gasteiger partial charge in [-0.2, -0.15) is 5.26 Å². The fourth-order valence-electron chi connectivity index (χ4n) is 3.92. The molecule has 36 heavy (non-hydrogen) atoms. The number of anilines is 1. The topological polar surface area (TPSA) is 126 Å². The molecule has 1 aliphatic rings. The van der Waals surface area contributed by atoms with Gasteiger partial charge < -0.3 is 14.6 Å². The largest absolute Gasteiger partial charge is 0.505 e. The van der Waals surface area contributed by atoms with E-state index in [2.05, 4.69) is 26.7 Å². The van der Waals surface area contributed by atoms with E-state index in [4.69, 9.17) is 21.1 Å². The first-order valence-electron chi connectivity index (χ1n) is 10.7. The van der Waals surface area contributed by atoms with Gasteiger partial charge in [-0.25, -0.2) is 13.2 Å². The van der Waals surface area contributed by atoms with Crippen molar-refractivity contribution in [3.63, 3.8) is 0 Å². The maximum Gasteiger partial charge on any atom is 0.347 e. The van der Waals surface area contributed by atoms with Crippen molar-refractivity contribution in [1.82, 2.24) is 0 Å². The van der Waals surface area contributed by atoms with Crippen LogP contribution >= 0.6 is 27.5 Å². The van der Waals surface area contributed by atoms with Crippen molar-refractivity contribution >= 4 is 49.2 Å². The van der Waals surface area contributed by atoms with Crippen molar-refractivity contribution < 1.29 is 27.8 Å². The number of phenols is 1. The highest BCUT2D eigenvalue weighted by Gasteiger charge is 2.40. The van der Waals surface area contributed by atoms with Crippen LogP contribution in [0.25, 0.3) is 0 Å². The SMILES string of the molecule is COc1c(Cl)cc(Br)cc1S(=O)(=O)Nc1cc(C2(C#N)CCC2)cc(C(=O)Oc2ccccc2)c1O. The maximum atomic E-state index is 13.4. The van der Waals surface area contributed by atoms with Crippen LogP contribution in [0.4, 0.5) is 5.69 Å². The molecule has 3 aromatic rings. The molecule has 2 N–H and O–H groups in total. The van der Waals surface area contributed by atoms with Gasteiger partial charge in [-0.3, -0.25) is 4.72 Å². The Kier molecular flexibility index (Phi) is 7.18. The number of ether oxygens (including phenoxy) is 2. The molecule has 0 spiro atoms. The third kappa shape index (κ3) is 4.87. The number of para-hydroxylation sites is 1. The lowest BCUT2D eigenvalue weighted by Crippen LogP contribution is -2.32. The van der Waals surface area contributed by atoms with Crippen LogP contribution in [-0.4, -0.2) is 26.6 Å². The van der Waals surface area contributed by atoms with Gasteiger partial charge in [0.2, 0.25) is 0 Å². The van der Waals surface area contributed by atoms with E-state index in [0.717, 1.165) is 6.42 Å². The summed E-state index contributed by atoms with van der Waals surface area (Å²) in [6.07, 6.45) is 1.86. The number of carbonyl (C=O) groups is 1. The zero-order chi connectivity index (χ0) is 26.1. The Morgan fingerprint density at radius 2 is 1.89 bits per heavy atom. The van der Waals surface area contributed by atoms with Crippen molar-refractivity contribution in [2.24, 2.45) is 0 Å². The lowest BCUT2D eigenvalue weighted by Gasteiger charge is -2.36. The van der Waals surface area contributed by atoms with Gasteiger partial charge in [0, 0.05) is 4.47 Å². The van der Waals surface area contributed by atoms with Crippen molar-refractivity contribution in [2.45, 2.75) is 29.6 Å². The minimum absolute atomic E-state index is 0.0512. The van der Waals surface area contributed by atoms with E-state index in [1.54, 1.807) is 30.3 Å². The fraction of sp³-hybridized carbons (Fsp3) is 0.200. The van der Waals surface area contributed by atoms with Crippen LogP contribution < -0.4 is 14.2 Å². The van der Waals surface area contributed by atoms with Crippen LogP contribution in [0.2, 0.25) is 5.02 Å². The number of carbonyl (C=O) groups excluding carboxylic acids is 1. The number of halogens is 2. The number of sulfonamides is 1. The molecule has 0 aliphatic heterocycles. The number of aromatic hydroxyl groups is 1. The first-order valence-corrected chi connectivity index (χ1v) is 13.4. The van der Waals surface area contributed by atoms with Crippen molar-refractivity contribution in [2.75, 3.05) is 11.8 Å². The summed E-state index contributed by atoms with van der Waals surface area (Å²) in [4.78, 5) is 12.7. The first kappa shape index (κ1) is 25.8. The van der Waals surface area contributed by atoms with Crippen LogP contribution in [0, 0.1) is 11.3 Å². The maximum absolute atomic E-state index is 13.4. The van der Waals surface area contributed by atoms with Crippen LogP contribution in [0.3, 0.4) is 0 Å². The van der Waals surface area contributed by atoms with Crippen LogP contribution in [-0.2, 0) is 15.4 Å². The van der Waals surface area contributed by atoms with Crippen molar-refractivity contribution in [1.29, 1.82) is 5.26 Å². The summed E-state index contributed by atoms with van der Waals surface area (Å²) in [7, 11) is -3.09. The van der Waals surface area contributed by atoms with Crippen molar-refractivity contribution in [3.8, 4) is 23.3 Å². The Labute approximate surface area is 221 Å². The van der Waals surface area contributed by atoms with E-state index in [1.807, 2.05) is 0 Å².